The van der Waals surface area contributed by atoms with E-state index in [-0.39, 0.29) is 11.8 Å². The molecule has 0 atom stereocenters. The topological polar surface area (TPSA) is 98.9 Å². The molecule has 0 bridgehead atoms. The number of rotatable bonds is 5. The largest absolute Gasteiger partial charge is 0.379 e. The molecule has 0 spiro atoms. The Morgan fingerprint density at radius 3 is 2.87 bits per heavy atom. The number of carbonyl (C=O) groups excluding carboxylic acids is 1. The predicted octanol–water partition coefficient (Wildman–Crippen LogP) is 3.30. The van der Waals surface area contributed by atoms with E-state index in [9.17, 15) is 4.79 Å². The van der Waals surface area contributed by atoms with E-state index in [0.29, 0.717) is 17.2 Å². The van der Waals surface area contributed by atoms with Crippen LogP contribution in [0.5, 0.6) is 0 Å². The van der Waals surface area contributed by atoms with Crippen LogP contribution in [0.3, 0.4) is 0 Å². The summed E-state index contributed by atoms with van der Waals surface area (Å²) >= 11 is 0. The molecule has 2 aliphatic rings. The SMILES string of the molecule is O=C(Nc1cn[nH]c1-c1nc2ccc(CN3CCOCC3)cc2[nH]1)C1CCCCC1. The Balaban J connectivity index is 1.33. The molecular weight excluding hydrogens is 380 g/mol. The first kappa shape index (κ1) is 19.3. The number of fused-ring (bicyclic) bond motifs is 1. The first-order chi connectivity index (χ1) is 14.8. The second-order valence-electron chi connectivity index (χ2n) is 8.31. The molecule has 1 saturated carbocycles. The number of nitrogens with zero attached hydrogens (tertiary/aromatic N) is 3. The lowest BCUT2D eigenvalue weighted by Gasteiger charge is -2.26. The summed E-state index contributed by atoms with van der Waals surface area (Å²) in [6.45, 7) is 4.42. The number of nitrogens with one attached hydrogen (secondary N) is 3. The molecule has 3 heterocycles. The van der Waals surface area contributed by atoms with E-state index in [2.05, 4.69) is 37.5 Å². The molecule has 8 nitrogen and oxygen atoms in total. The lowest BCUT2D eigenvalue weighted by molar-refractivity contribution is -0.120. The number of carbonyl (C=O) groups is 1. The molecule has 30 heavy (non-hydrogen) atoms. The molecule has 0 unspecified atom stereocenters. The van der Waals surface area contributed by atoms with E-state index in [0.717, 1.165) is 69.6 Å². The second kappa shape index (κ2) is 8.57. The fraction of sp³-hybridized carbons (Fsp3) is 0.500. The third kappa shape index (κ3) is 4.11. The Labute approximate surface area is 175 Å². The molecule has 2 aromatic heterocycles. The summed E-state index contributed by atoms with van der Waals surface area (Å²) in [7, 11) is 0. The van der Waals surface area contributed by atoms with Crippen LogP contribution < -0.4 is 5.32 Å². The van der Waals surface area contributed by atoms with Crippen molar-refractivity contribution in [2.24, 2.45) is 5.92 Å². The van der Waals surface area contributed by atoms with Gasteiger partial charge in [0.2, 0.25) is 5.91 Å². The summed E-state index contributed by atoms with van der Waals surface area (Å²) < 4.78 is 5.43. The Morgan fingerprint density at radius 2 is 2.03 bits per heavy atom. The van der Waals surface area contributed by atoms with Crippen molar-refractivity contribution in [3.05, 3.63) is 30.0 Å². The highest BCUT2D eigenvalue weighted by atomic mass is 16.5. The number of aromatic amines is 2. The van der Waals surface area contributed by atoms with Crippen LogP contribution in [0.4, 0.5) is 5.69 Å². The fourth-order valence-electron chi connectivity index (χ4n) is 4.45. The predicted molar refractivity (Wildman–Crippen MR) is 115 cm³/mol. The summed E-state index contributed by atoms with van der Waals surface area (Å²) in [5.74, 6) is 0.867. The van der Waals surface area contributed by atoms with Crippen molar-refractivity contribution in [1.82, 2.24) is 25.1 Å². The van der Waals surface area contributed by atoms with Crippen LogP contribution in [0.1, 0.15) is 37.7 Å². The zero-order chi connectivity index (χ0) is 20.3. The van der Waals surface area contributed by atoms with Crippen molar-refractivity contribution in [1.29, 1.82) is 0 Å². The monoisotopic (exact) mass is 408 g/mol. The van der Waals surface area contributed by atoms with Gasteiger partial charge >= 0.3 is 0 Å². The number of anilines is 1. The highest BCUT2D eigenvalue weighted by Gasteiger charge is 2.23. The quantitative estimate of drug-likeness (QED) is 0.602. The Bertz CT molecular complexity index is 1010. The van der Waals surface area contributed by atoms with Gasteiger partial charge in [-0.15, -0.1) is 0 Å². The molecule has 5 rings (SSSR count). The van der Waals surface area contributed by atoms with Gasteiger partial charge in [0.25, 0.3) is 0 Å². The van der Waals surface area contributed by atoms with E-state index in [1.807, 2.05) is 6.07 Å². The molecule has 0 radical (unpaired) electrons. The Morgan fingerprint density at radius 1 is 1.20 bits per heavy atom. The van der Waals surface area contributed by atoms with Crippen LogP contribution in [0.2, 0.25) is 0 Å². The lowest BCUT2D eigenvalue weighted by atomic mass is 9.88. The van der Waals surface area contributed by atoms with Crippen LogP contribution in [0.25, 0.3) is 22.6 Å². The number of imidazole rings is 1. The zero-order valence-electron chi connectivity index (χ0n) is 17.1. The van der Waals surface area contributed by atoms with E-state index >= 15 is 0 Å². The highest BCUT2D eigenvalue weighted by Crippen LogP contribution is 2.29. The second-order valence-corrected chi connectivity index (χ2v) is 8.31. The maximum atomic E-state index is 12.7. The van der Waals surface area contributed by atoms with Crippen molar-refractivity contribution in [3.63, 3.8) is 0 Å². The van der Waals surface area contributed by atoms with Gasteiger partial charge in [-0.2, -0.15) is 5.10 Å². The minimum atomic E-state index is 0.0845. The van der Waals surface area contributed by atoms with E-state index in [1.54, 1.807) is 6.20 Å². The Kier molecular flexibility index (Phi) is 5.50. The molecule has 1 saturated heterocycles. The number of benzene rings is 1. The Hall–Kier alpha value is -2.71. The van der Waals surface area contributed by atoms with Gasteiger partial charge in [-0.25, -0.2) is 4.98 Å². The third-order valence-corrected chi connectivity index (χ3v) is 6.17. The number of ether oxygens (including phenoxy) is 1. The summed E-state index contributed by atoms with van der Waals surface area (Å²) in [5.41, 5.74) is 4.52. The van der Waals surface area contributed by atoms with Crippen molar-refractivity contribution >= 4 is 22.6 Å². The highest BCUT2D eigenvalue weighted by molar-refractivity contribution is 5.96. The number of morpholine rings is 1. The van der Waals surface area contributed by atoms with Crippen molar-refractivity contribution < 1.29 is 9.53 Å². The fourth-order valence-corrected chi connectivity index (χ4v) is 4.45. The van der Waals surface area contributed by atoms with Crippen molar-refractivity contribution in [3.8, 4) is 11.5 Å². The normalized spacial score (nSPS) is 18.7. The number of aromatic nitrogens is 4. The average molecular weight is 409 g/mol. The minimum absolute atomic E-state index is 0.0845. The summed E-state index contributed by atoms with van der Waals surface area (Å²) in [5, 5.41) is 10.2. The van der Waals surface area contributed by atoms with Crippen LogP contribution in [-0.4, -0.2) is 57.3 Å². The van der Waals surface area contributed by atoms with Gasteiger partial charge in [-0.1, -0.05) is 25.3 Å². The average Bonchev–Trinajstić information content (AvgIpc) is 3.41. The first-order valence-corrected chi connectivity index (χ1v) is 10.9. The van der Waals surface area contributed by atoms with Crippen LogP contribution >= 0.6 is 0 Å². The minimum Gasteiger partial charge on any atom is -0.379 e. The molecule has 2 fully saturated rings. The van der Waals surface area contributed by atoms with Crippen LogP contribution in [-0.2, 0) is 16.1 Å². The molecule has 1 aromatic carbocycles. The van der Waals surface area contributed by atoms with Crippen molar-refractivity contribution in [2.45, 2.75) is 38.6 Å². The molecular formula is C22H28N6O2. The first-order valence-electron chi connectivity index (χ1n) is 10.9. The maximum Gasteiger partial charge on any atom is 0.227 e. The van der Waals surface area contributed by atoms with E-state index < -0.39 is 0 Å². The van der Waals surface area contributed by atoms with Crippen molar-refractivity contribution in [2.75, 3.05) is 31.6 Å². The van der Waals surface area contributed by atoms with Gasteiger partial charge < -0.3 is 15.0 Å². The number of hydrogen-bond donors (Lipinski definition) is 3. The van der Waals surface area contributed by atoms with Gasteiger partial charge in [0.1, 0.15) is 5.69 Å². The van der Waals surface area contributed by atoms with Gasteiger partial charge in [-0.05, 0) is 30.5 Å². The lowest BCUT2D eigenvalue weighted by Crippen LogP contribution is -2.35. The van der Waals surface area contributed by atoms with E-state index in [4.69, 9.17) is 9.72 Å². The maximum absolute atomic E-state index is 12.7. The summed E-state index contributed by atoms with van der Waals surface area (Å²) in [6.07, 6.45) is 7.09. The van der Waals surface area contributed by atoms with Crippen LogP contribution in [0, 0.1) is 5.92 Å². The van der Waals surface area contributed by atoms with E-state index in [1.165, 1.54) is 12.0 Å². The molecule has 1 aliphatic carbocycles. The molecule has 1 aliphatic heterocycles. The summed E-state index contributed by atoms with van der Waals surface area (Å²) in [6, 6.07) is 6.32. The zero-order valence-corrected chi connectivity index (χ0v) is 17.1. The standard InChI is InChI=1S/C22H28N6O2/c29-22(16-4-2-1-3-5-16)26-19-13-23-27-20(19)21-24-17-7-6-15(12-18(17)25-21)14-28-8-10-30-11-9-28/h6-7,12-13,16H,1-5,8-11,14H2,(H,23,27)(H,24,25)(H,26,29). The van der Waals surface area contributed by atoms with Crippen LogP contribution in [0.15, 0.2) is 24.4 Å². The summed E-state index contributed by atoms with van der Waals surface area (Å²) in [4.78, 5) is 23.2. The van der Waals surface area contributed by atoms with Gasteiger partial charge in [-0.3, -0.25) is 14.8 Å². The molecule has 158 valence electrons. The number of amides is 1. The third-order valence-electron chi connectivity index (χ3n) is 6.17. The van der Waals surface area contributed by atoms with Gasteiger partial charge in [0.05, 0.1) is 36.1 Å². The molecule has 8 heteroatoms. The molecule has 3 N–H and O–H groups in total. The molecule has 3 aromatic rings. The molecule has 1 amide bonds. The van der Waals surface area contributed by atoms with Gasteiger partial charge in [0, 0.05) is 25.6 Å². The smallest absolute Gasteiger partial charge is 0.227 e. The van der Waals surface area contributed by atoms with Gasteiger partial charge in [0.15, 0.2) is 5.82 Å². The number of H-pyrrole nitrogens is 2. The number of hydrogen-bond acceptors (Lipinski definition) is 5.